The predicted molar refractivity (Wildman–Crippen MR) is 174 cm³/mol. The minimum atomic E-state index is -3.66. The van der Waals surface area contributed by atoms with Crippen molar-refractivity contribution in [1.29, 1.82) is 0 Å². The van der Waals surface area contributed by atoms with Gasteiger partial charge in [0.2, 0.25) is 17.7 Å². The second-order valence-corrected chi connectivity index (χ2v) is 13.3. The van der Waals surface area contributed by atoms with Gasteiger partial charge in [-0.05, 0) is 29.2 Å². The highest BCUT2D eigenvalue weighted by molar-refractivity contribution is 7.93. The van der Waals surface area contributed by atoms with Crippen LogP contribution in [-0.4, -0.2) is 89.9 Å². The Hall–Kier alpha value is -5.45. The van der Waals surface area contributed by atoms with Crippen molar-refractivity contribution in [2.24, 2.45) is 5.92 Å². The first-order valence-electron chi connectivity index (χ1n) is 14.9. The first-order valence-corrected chi connectivity index (χ1v) is 16.9. The highest BCUT2D eigenvalue weighted by Crippen LogP contribution is 2.13. The summed E-state index contributed by atoms with van der Waals surface area (Å²) in [6.45, 7) is 2.98. The monoisotopic (exact) mass is 704 g/mol. The number of alkyl carbamates (subject to hydrolysis) is 1. The summed E-state index contributed by atoms with van der Waals surface area (Å²) in [4.78, 5) is 75.6. The third-order valence-electron chi connectivity index (χ3n) is 6.74. The molecule has 0 aromatic heterocycles. The summed E-state index contributed by atoms with van der Waals surface area (Å²) in [5.74, 6) is -6.27. The topological polar surface area (TPSA) is 255 Å². The maximum absolute atomic E-state index is 13.6. The molecule has 2 aromatic carbocycles. The lowest BCUT2D eigenvalue weighted by molar-refractivity contribution is -0.140. The molecule has 49 heavy (non-hydrogen) atoms. The van der Waals surface area contributed by atoms with E-state index in [9.17, 15) is 52.5 Å². The molecule has 2 aromatic rings. The number of carboxylic acid groups (broad SMARTS) is 2. The number of hydrogen-bond donors (Lipinski definition) is 7. The molecular weight excluding hydrogens is 664 g/mol. The Morgan fingerprint density at radius 1 is 0.755 bits per heavy atom. The molecule has 0 spiro atoms. The van der Waals surface area contributed by atoms with Crippen LogP contribution >= 0.6 is 0 Å². The van der Waals surface area contributed by atoms with E-state index in [1.165, 1.54) is 24.3 Å². The van der Waals surface area contributed by atoms with Gasteiger partial charge in [-0.1, -0.05) is 62.4 Å². The highest BCUT2D eigenvalue weighted by Gasteiger charge is 2.33. The van der Waals surface area contributed by atoms with Gasteiger partial charge in [-0.15, -0.1) is 0 Å². The molecule has 4 atom stereocenters. The summed E-state index contributed by atoms with van der Waals surface area (Å²) in [6, 6.07) is 8.46. The molecule has 0 aliphatic heterocycles. The normalized spacial score (nSPS) is 13.8. The number of hydrogen-bond acceptors (Lipinski definition) is 10. The molecule has 16 nitrogen and oxygen atoms in total. The van der Waals surface area contributed by atoms with Gasteiger partial charge < -0.3 is 41.3 Å². The number of sulfone groups is 1. The number of carbonyl (C=O) groups is 6. The Bertz CT molecular complexity index is 1610. The number of aromatic hydroxyl groups is 1. The summed E-state index contributed by atoms with van der Waals surface area (Å²) < 4.78 is 28.2. The van der Waals surface area contributed by atoms with Gasteiger partial charge >= 0.3 is 18.0 Å². The van der Waals surface area contributed by atoms with Crippen LogP contribution in [0.3, 0.4) is 0 Å². The summed E-state index contributed by atoms with van der Waals surface area (Å²) in [5.41, 5.74) is 1.08. The van der Waals surface area contributed by atoms with E-state index in [0.29, 0.717) is 11.1 Å². The number of aliphatic carboxylic acids is 2. The van der Waals surface area contributed by atoms with Crippen LogP contribution in [0.25, 0.3) is 0 Å². The molecule has 0 aliphatic carbocycles. The molecule has 2 unspecified atom stereocenters. The van der Waals surface area contributed by atoms with E-state index in [2.05, 4.69) is 21.3 Å². The van der Waals surface area contributed by atoms with E-state index >= 15 is 0 Å². The zero-order valence-corrected chi connectivity index (χ0v) is 27.8. The van der Waals surface area contributed by atoms with Crippen LogP contribution in [0.15, 0.2) is 66.1 Å². The van der Waals surface area contributed by atoms with Crippen molar-refractivity contribution < 1.29 is 57.2 Å². The largest absolute Gasteiger partial charge is 0.508 e. The fourth-order valence-electron chi connectivity index (χ4n) is 4.29. The fourth-order valence-corrected chi connectivity index (χ4v) is 4.77. The lowest BCUT2D eigenvalue weighted by Gasteiger charge is -2.27. The molecule has 0 saturated heterocycles. The van der Waals surface area contributed by atoms with E-state index in [4.69, 9.17) is 4.74 Å². The molecule has 0 heterocycles. The number of amides is 4. The Morgan fingerprint density at radius 3 is 1.90 bits per heavy atom. The first-order chi connectivity index (χ1) is 22.9. The number of benzene rings is 2. The van der Waals surface area contributed by atoms with Crippen LogP contribution in [0.5, 0.6) is 5.75 Å². The van der Waals surface area contributed by atoms with Gasteiger partial charge in [0, 0.05) is 18.1 Å². The van der Waals surface area contributed by atoms with Crippen LogP contribution in [0, 0.1) is 5.92 Å². The second-order valence-electron chi connectivity index (χ2n) is 11.4. The van der Waals surface area contributed by atoms with Crippen LogP contribution in [0.1, 0.15) is 37.8 Å². The number of ether oxygens (including phenoxy) is 1. The second kappa shape index (κ2) is 18.8. The molecule has 0 fully saturated rings. The van der Waals surface area contributed by atoms with Crippen molar-refractivity contribution in [3.05, 3.63) is 77.2 Å². The van der Waals surface area contributed by atoms with Gasteiger partial charge in [0.25, 0.3) is 0 Å². The maximum Gasteiger partial charge on any atom is 0.408 e. The summed E-state index contributed by atoms with van der Waals surface area (Å²) in [5, 5.41) is 38.6. The van der Waals surface area contributed by atoms with Crippen LogP contribution in [0.2, 0.25) is 0 Å². The SMILES string of the molecule is CC(C)[C@H](NC(=O)C(Cc1ccc(O)cc1)NC(=O)[C@H](CC(=O)O)NC(=O)OCc1ccccc1)C(=O)NC(/C=C/S(C)(=O)=O)CC(=O)O. The van der Waals surface area contributed by atoms with Crippen LogP contribution < -0.4 is 21.3 Å². The number of nitrogens with one attached hydrogen (secondary N) is 4. The van der Waals surface area contributed by atoms with Crippen LogP contribution in [0.4, 0.5) is 4.79 Å². The predicted octanol–water partition coefficient (Wildman–Crippen LogP) is 0.848. The molecule has 2 rings (SSSR count). The maximum atomic E-state index is 13.6. The molecule has 266 valence electrons. The average Bonchev–Trinajstić information content (AvgIpc) is 3.01. The number of carboxylic acids is 2. The number of carbonyl (C=O) groups excluding carboxylic acids is 4. The molecule has 0 aliphatic rings. The van der Waals surface area contributed by atoms with E-state index in [0.717, 1.165) is 17.7 Å². The zero-order chi connectivity index (χ0) is 36.7. The van der Waals surface area contributed by atoms with Gasteiger partial charge in [0.05, 0.1) is 18.9 Å². The standard InChI is InChI=1S/C32H40N4O12S/c1-19(2)28(31(44)33-22(16-26(38)39)13-14-49(3,46)47)36-30(43)24(15-20-9-11-23(37)12-10-20)34-29(42)25(17-27(40)41)35-32(45)48-18-21-7-5-4-6-8-21/h4-14,19,22,24-25,28,37H,15-18H2,1-3H3,(H,33,44)(H,34,42)(H,35,45)(H,36,43)(H,38,39)(H,40,41)/b14-13+/t22?,24?,25-,28-/m0/s1. The molecule has 0 bridgehead atoms. The molecule has 7 N–H and O–H groups in total. The van der Waals surface area contributed by atoms with Crippen molar-refractivity contribution >= 4 is 45.6 Å². The summed E-state index contributed by atoms with van der Waals surface area (Å²) >= 11 is 0. The fraction of sp³-hybridized carbons (Fsp3) is 0.375. The van der Waals surface area contributed by atoms with Crippen molar-refractivity contribution in [2.45, 2.75) is 63.9 Å². The van der Waals surface area contributed by atoms with Gasteiger partial charge in [0.1, 0.15) is 30.5 Å². The molecule has 4 amide bonds. The lowest BCUT2D eigenvalue weighted by atomic mass is 10.00. The Morgan fingerprint density at radius 2 is 1.35 bits per heavy atom. The lowest BCUT2D eigenvalue weighted by Crippen LogP contribution is -2.59. The van der Waals surface area contributed by atoms with E-state index in [-0.39, 0.29) is 18.8 Å². The molecule has 17 heteroatoms. The van der Waals surface area contributed by atoms with Gasteiger partial charge in [0.15, 0.2) is 9.84 Å². The smallest absolute Gasteiger partial charge is 0.408 e. The Labute approximate surface area is 282 Å². The quantitative estimate of drug-likeness (QED) is 0.114. The summed E-state index contributed by atoms with van der Waals surface area (Å²) in [6.07, 6.45) is -0.963. The van der Waals surface area contributed by atoms with Crippen LogP contribution in [-0.2, 0) is 51.6 Å². The van der Waals surface area contributed by atoms with E-state index < -0.39 is 88.5 Å². The summed E-state index contributed by atoms with van der Waals surface area (Å²) in [7, 11) is -3.66. The Balaban J connectivity index is 2.30. The van der Waals surface area contributed by atoms with E-state index in [1.807, 2.05) is 0 Å². The van der Waals surface area contributed by atoms with Crippen molar-refractivity contribution in [2.75, 3.05) is 6.26 Å². The molecule has 0 radical (unpaired) electrons. The Kier molecular flexibility index (Phi) is 15.2. The van der Waals surface area contributed by atoms with Crippen molar-refractivity contribution in [3.8, 4) is 5.75 Å². The molecular formula is C32H40N4O12S. The third kappa shape index (κ3) is 15.3. The average molecular weight is 705 g/mol. The van der Waals surface area contributed by atoms with Gasteiger partial charge in [-0.3, -0.25) is 24.0 Å². The minimum absolute atomic E-state index is 0.0779. The van der Waals surface area contributed by atoms with Crippen molar-refractivity contribution in [1.82, 2.24) is 21.3 Å². The van der Waals surface area contributed by atoms with Gasteiger partial charge in [-0.2, -0.15) is 0 Å². The minimum Gasteiger partial charge on any atom is -0.508 e. The highest BCUT2D eigenvalue weighted by atomic mass is 32.2. The molecule has 0 saturated carbocycles. The zero-order valence-electron chi connectivity index (χ0n) is 27.0. The third-order valence-corrected chi connectivity index (χ3v) is 7.39. The van der Waals surface area contributed by atoms with Gasteiger partial charge in [-0.25, -0.2) is 13.2 Å². The van der Waals surface area contributed by atoms with Crippen molar-refractivity contribution in [3.63, 3.8) is 0 Å². The van der Waals surface area contributed by atoms with E-state index in [1.54, 1.807) is 44.2 Å². The number of phenols is 1. The number of phenolic OH excluding ortho intramolecular Hbond substituents is 1. The first kappa shape index (κ1) is 39.7. The number of rotatable bonds is 18.